The minimum atomic E-state index is -0.228. The number of nitrogens with zero attached hydrogens (tertiary/aromatic N) is 1. The van der Waals surface area contributed by atoms with Gasteiger partial charge in [0, 0.05) is 4.88 Å². The van der Waals surface area contributed by atoms with Crippen molar-refractivity contribution in [2.24, 2.45) is 11.8 Å². The molecule has 0 aromatic carbocycles. The van der Waals surface area contributed by atoms with E-state index in [9.17, 15) is 4.79 Å². The molecule has 3 rings (SSSR count). The van der Waals surface area contributed by atoms with Crippen LogP contribution >= 0.6 is 11.3 Å². The summed E-state index contributed by atoms with van der Waals surface area (Å²) >= 11 is 1.59. The van der Waals surface area contributed by atoms with E-state index in [-0.39, 0.29) is 18.0 Å². The average molecular weight is 303 g/mol. The molecule has 0 radical (unpaired) electrons. The minimum Gasteiger partial charge on any atom is -0.457 e. The summed E-state index contributed by atoms with van der Waals surface area (Å²) in [6.07, 6.45) is 6.95. The van der Waals surface area contributed by atoms with Crippen molar-refractivity contribution in [1.82, 2.24) is 0 Å². The fourth-order valence-electron chi connectivity index (χ4n) is 3.39. The second-order valence-corrected chi connectivity index (χ2v) is 7.51. The number of esters is 1. The van der Waals surface area contributed by atoms with Crippen molar-refractivity contribution in [3.63, 3.8) is 0 Å². The second kappa shape index (κ2) is 6.19. The van der Waals surface area contributed by atoms with Crippen molar-refractivity contribution in [2.45, 2.75) is 58.0 Å². The largest absolute Gasteiger partial charge is 0.457 e. The van der Waals surface area contributed by atoms with Gasteiger partial charge in [0.2, 0.25) is 0 Å². The molecule has 0 saturated heterocycles. The molecule has 2 aliphatic rings. The number of thiophene rings is 1. The Morgan fingerprint density at radius 1 is 1.38 bits per heavy atom. The van der Waals surface area contributed by atoms with Crippen LogP contribution in [-0.4, -0.2) is 12.1 Å². The van der Waals surface area contributed by atoms with Gasteiger partial charge in [-0.15, -0.1) is 11.3 Å². The number of carbonyl (C=O) groups excluding carboxylic acids is 1. The number of carbonyl (C=O) groups is 1. The molecule has 0 unspecified atom stereocenters. The van der Waals surface area contributed by atoms with Gasteiger partial charge in [-0.25, -0.2) is 4.79 Å². The third-order valence-corrected chi connectivity index (χ3v) is 5.87. The van der Waals surface area contributed by atoms with Gasteiger partial charge in [-0.1, -0.05) is 13.3 Å². The maximum Gasteiger partial charge on any atom is 0.348 e. The summed E-state index contributed by atoms with van der Waals surface area (Å²) in [6, 6.07) is 4.31. The highest BCUT2D eigenvalue weighted by Gasteiger charge is 2.29. The zero-order valence-corrected chi connectivity index (χ0v) is 13.2. The number of hydrogen-bond donors (Lipinski definition) is 0. The van der Waals surface area contributed by atoms with Crippen LogP contribution in [0.4, 0.5) is 0 Å². The lowest BCUT2D eigenvalue weighted by Crippen LogP contribution is -2.29. The van der Waals surface area contributed by atoms with Gasteiger partial charge in [0.15, 0.2) is 0 Å². The van der Waals surface area contributed by atoms with Crippen LogP contribution in [0.3, 0.4) is 0 Å². The molecule has 1 aromatic heterocycles. The first-order chi connectivity index (χ1) is 10.2. The molecule has 0 bridgehead atoms. The summed E-state index contributed by atoms with van der Waals surface area (Å²) in [5.41, 5.74) is 1.33. The molecule has 1 aromatic rings. The zero-order chi connectivity index (χ0) is 14.8. The molecular weight excluding hydrogens is 282 g/mol. The Hall–Kier alpha value is -1.34. The molecular formula is C17H21NO2S. The molecule has 3 atom stereocenters. The Morgan fingerprint density at radius 2 is 2.19 bits per heavy atom. The zero-order valence-electron chi connectivity index (χ0n) is 12.4. The van der Waals surface area contributed by atoms with Crippen LogP contribution < -0.4 is 0 Å². The first kappa shape index (κ1) is 14.6. The van der Waals surface area contributed by atoms with Gasteiger partial charge in [0.05, 0.1) is 12.0 Å². The molecule has 3 nitrogen and oxygen atoms in total. The van der Waals surface area contributed by atoms with Crippen LogP contribution in [0.1, 0.15) is 59.1 Å². The Morgan fingerprint density at radius 3 is 3.00 bits per heavy atom. The van der Waals surface area contributed by atoms with E-state index in [0.29, 0.717) is 5.92 Å². The van der Waals surface area contributed by atoms with Crippen molar-refractivity contribution in [1.29, 1.82) is 5.26 Å². The Kier molecular flexibility index (Phi) is 4.30. The highest BCUT2D eigenvalue weighted by Crippen LogP contribution is 2.33. The summed E-state index contributed by atoms with van der Waals surface area (Å²) in [4.78, 5) is 14.4. The molecule has 1 heterocycles. The van der Waals surface area contributed by atoms with Crippen molar-refractivity contribution in [2.75, 3.05) is 0 Å². The lowest BCUT2D eigenvalue weighted by molar-refractivity contribution is 0.0113. The number of fused-ring (bicyclic) bond motifs is 1. The van der Waals surface area contributed by atoms with E-state index in [4.69, 9.17) is 10.00 Å². The quantitative estimate of drug-likeness (QED) is 0.772. The molecule has 0 amide bonds. The smallest absolute Gasteiger partial charge is 0.348 e. The van der Waals surface area contributed by atoms with E-state index in [1.165, 1.54) is 16.9 Å². The Labute approximate surface area is 129 Å². The van der Waals surface area contributed by atoms with Crippen molar-refractivity contribution in [3.8, 4) is 6.07 Å². The van der Waals surface area contributed by atoms with Gasteiger partial charge in [0.25, 0.3) is 0 Å². The normalized spacial score (nSPS) is 28.5. The minimum absolute atomic E-state index is 0.127. The molecule has 1 saturated carbocycles. The van der Waals surface area contributed by atoms with Crippen LogP contribution in [0.15, 0.2) is 6.07 Å². The average Bonchev–Trinajstić information content (AvgIpc) is 2.91. The number of ether oxygens (including phenoxy) is 1. The first-order valence-electron chi connectivity index (χ1n) is 7.89. The molecule has 0 spiro atoms. The van der Waals surface area contributed by atoms with Crippen LogP contribution in [0.2, 0.25) is 0 Å². The number of aryl methyl sites for hydroxylation is 1. The maximum absolute atomic E-state index is 12.4. The predicted octanol–water partition coefficient (Wildman–Crippen LogP) is 4.11. The van der Waals surface area contributed by atoms with Crippen molar-refractivity contribution >= 4 is 17.3 Å². The van der Waals surface area contributed by atoms with E-state index in [2.05, 4.69) is 13.0 Å². The van der Waals surface area contributed by atoms with E-state index < -0.39 is 0 Å². The fourth-order valence-corrected chi connectivity index (χ4v) is 4.48. The highest BCUT2D eigenvalue weighted by atomic mass is 32.1. The lowest BCUT2D eigenvalue weighted by Gasteiger charge is -2.26. The van der Waals surface area contributed by atoms with Gasteiger partial charge in [-0.2, -0.15) is 5.26 Å². The van der Waals surface area contributed by atoms with Gasteiger partial charge < -0.3 is 4.74 Å². The summed E-state index contributed by atoms with van der Waals surface area (Å²) in [5.74, 6) is 0.351. The van der Waals surface area contributed by atoms with Crippen LogP contribution in [-0.2, 0) is 17.6 Å². The summed E-state index contributed by atoms with van der Waals surface area (Å²) in [7, 11) is 0. The fraction of sp³-hybridized carbons (Fsp3) is 0.647. The summed E-state index contributed by atoms with van der Waals surface area (Å²) in [6.45, 7) is 2.26. The number of hydrogen-bond acceptors (Lipinski definition) is 4. The van der Waals surface area contributed by atoms with Gasteiger partial charge in [-0.05, 0) is 56.1 Å². The Balaban J connectivity index is 1.69. The summed E-state index contributed by atoms with van der Waals surface area (Å²) in [5, 5.41) is 9.17. The maximum atomic E-state index is 12.4. The molecule has 112 valence electrons. The monoisotopic (exact) mass is 303 g/mol. The van der Waals surface area contributed by atoms with Crippen molar-refractivity contribution in [3.05, 3.63) is 21.4 Å². The molecule has 1 fully saturated rings. The molecule has 2 aliphatic carbocycles. The van der Waals surface area contributed by atoms with Gasteiger partial charge in [-0.3, -0.25) is 0 Å². The SMILES string of the molecule is C[C@@H]1CCc2sc(C(=O)O[C@H]3CCCC[C@H]3C#N)cc2C1. The third kappa shape index (κ3) is 3.13. The molecule has 21 heavy (non-hydrogen) atoms. The van der Waals surface area contributed by atoms with Crippen LogP contribution in [0, 0.1) is 23.2 Å². The van der Waals surface area contributed by atoms with Gasteiger partial charge >= 0.3 is 5.97 Å². The second-order valence-electron chi connectivity index (χ2n) is 6.37. The molecule has 4 heteroatoms. The van der Waals surface area contributed by atoms with E-state index >= 15 is 0 Å². The molecule has 0 aliphatic heterocycles. The van der Waals surface area contributed by atoms with E-state index in [1.54, 1.807) is 11.3 Å². The predicted molar refractivity (Wildman–Crippen MR) is 82.3 cm³/mol. The topological polar surface area (TPSA) is 50.1 Å². The van der Waals surface area contributed by atoms with E-state index in [0.717, 1.165) is 43.4 Å². The van der Waals surface area contributed by atoms with E-state index in [1.807, 2.05) is 6.07 Å². The Bertz CT molecular complexity index is 572. The van der Waals surface area contributed by atoms with Crippen LogP contribution in [0.25, 0.3) is 0 Å². The standard InChI is InChI=1S/C17H21NO2S/c1-11-6-7-15-13(8-11)9-16(21-15)17(19)20-14-5-3-2-4-12(14)10-18/h9,11-12,14H,2-8H2,1H3/t11-,12+,14+/m1/s1. The van der Waals surface area contributed by atoms with Gasteiger partial charge in [0.1, 0.15) is 11.0 Å². The number of rotatable bonds is 2. The lowest BCUT2D eigenvalue weighted by atomic mass is 9.87. The highest BCUT2D eigenvalue weighted by molar-refractivity contribution is 7.14. The number of nitriles is 1. The molecule has 0 N–H and O–H groups in total. The summed E-state index contributed by atoms with van der Waals surface area (Å²) < 4.78 is 5.63. The third-order valence-electron chi connectivity index (χ3n) is 4.66. The first-order valence-corrected chi connectivity index (χ1v) is 8.71. The van der Waals surface area contributed by atoms with Crippen LogP contribution in [0.5, 0.6) is 0 Å². The van der Waals surface area contributed by atoms with Crippen molar-refractivity contribution < 1.29 is 9.53 Å².